The molecule has 0 aliphatic rings. The molecule has 0 aliphatic heterocycles. The third-order valence-corrected chi connectivity index (χ3v) is 8.28. The summed E-state index contributed by atoms with van der Waals surface area (Å²) in [7, 11) is 3.27. The lowest BCUT2D eigenvalue weighted by atomic mass is 10.4. The van der Waals surface area contributed by atoms with Gasteiger partial charge in [0.1, 0.15) is 0 Å². The summed E-state index contributed by atoms with van der Waals surface area (Å²) in [5, 5.41) is 9.41. The Morgan fingerprint density at radius 1 is 0.246 bits per heavy atom. The Labute approximate surface area is 410 Å². The average molecular weight is 1020 g/mol. The molecule has 24 heteroatoms. The molecule has 0 rings (SSSR count). The maximum absolute atomic E-state index is 11.5. The van der Waals surface area contributed by atoms with E-state index in [9.17, 15) is 9.90 Å². The zero-order chi connectivity index (χ0) is 49.7. The molecule has 0 aromatic rings. The van der Waals surface area contributed by atoms with Gasteiger partial charge in [-0.05, 0) is 0 Å². The van der Waals surface area contributed by atoms with Gasteiger partial charge in [-0.2, -0.15) is 0 Å². The Morgan fingerprint density at radius 3 is 0.551 bits per heavy atom. The van der Waals surface area contributed by atoms with E-state index < -0.39 is 12.1 Å². The van der Waals surface area contributed by atoms with Crippen LogP contribution < -0.4 is 0 Å². The Kier molecular flexibility index (Phi) is 61.4. The van der Waals surface area contributed by atoms with Crippen LogP contribution in [-0.2, 0) is 109 Å². The first kappa shape index (κ1) is 67.6. The third kappa shape index (κ3) is 60.8. The second-order valence-corrected chi connectivity index (χ2v) is 13.8. The second kappa shape index (κ2) is 62.7. The van der Waals surface area contributed by atoms with Gasteiger partial charge in [-0.15, -0.1) is 0 Å². The quantitative estimate of drug-likeness (QED) is 0.0793. The van der Waals surface area contributed by atoms with Gasteiger partial charge in [0.15, 0.2) is 6.10 Å². The predicted octanol–water partition coefficient (Wildman–Crippen LogP) is 0.0644. The molecule has 1 atom stereocenters. The molecule has 0 aromatic heterocycles. The number of methoxy groups -OCH3 is 2. The van der Waals surface area contributed by atoms with Crippen LogP contribution in [0.4, 0.5) is 0 Å². The predicted molar refractivity (Wildman–Crippen MR) is 247 cm³/mol. The third-order valence-electron chi connectivity index (χ3n) is 8.28. The van der Waals surface area contributed by atoms with Gasteiger partial charge < -0.3 is 109 Å². The maximum Gasteiger partial charge on any atom is 0.335 e. The van der Waals surface area contributed by atoms with Gasteiger partial charge in [0.2, 0.25) is 0 Å². The number of hydrogen-bond acceptors (Lipinski definition) is 23. The van der Waals surface area contributed by atoms with Gasteiger partial charge in [-0.1, -0.05) is 0 Å². The Morgan fingerprint density at radius 2 is 0.391 bits per heavy atom. The summed E-state index contributed by atoms with van der Waals surface area (Å²) in [6.07, 6.45) is -1.11. The molecule has 0 saturated carbocycles. The molecule has 0 amide bonds. The summed E-state index contributed by atoms with van der Waals surface area (Å²) < 4.78 is 119. The molecule has 0 aliphatic carbocycles. The highest BCUT2D eigenvalue weighted by atomic mass is 16.6. The number of rotatable bonds is 64. The van der Waals surface area contributed by atoms with Crippen molar-refractivity contribution < 1.29 is 114 Å². The minimum atomic E-state index is -1.12. The summed E-state index contributed by atoms with van der Waals surface area (Å²) in [4.78, 5) is 11.5. The average Bonchev–Trinajstić information content (AvgIpc) is 3.35. The zero-order valence-corrected chi connectivity index (χ0v) is 41.9. The monoisotopic (exact) mass is 1010 g/mol. The van der Waals surface area contributed by atoms with Gasteiger partial charge in [0, 0.05) is 14.2 Å². The van der Waals surface area contributed by atoms with Crippen molar-refractivity contribution in [3.63, 3.8) is 0 Å². The molecule has 0 spiro atoms. The maximum atomic E-state index is 11.5. The van der Waals surface area contributed by atoms with Crippen LogP contribution in [0.2, 0.25) is 0 Å². The molecule has 1 unspecified atom stereocenters. The summed E-state index contributed by atoms with van der Waals surface area (Å²) in [6.45, 7) is 18.0. The van der Waals surface area contributed by atoms with E-state index in [0.29, 0.717) is 244 Å². The van der Waals surface area contributed by atoms with Crippen molar-refractivity contribution in [2.24, 2.45) is 0 Å². The summed E-state index contributed by atoms with van der Waals surface area (Å²) in [5.41, 5.74) is 0. The van der Waals surface area contributed by atoms with Crippen LogP contribution in [0, 0.1) is 0 Å². The van der Waals surface area contributed by atoms with E-state index in [2.05, 4.69) is 0 Å². The Balaban J connectivity index is 3.28. The fourth-order valence-corrected chi connectivity index (χ4v) is 4.76. The van der Waals surface area contributed by atoms with E-state index in [1.807, 2.05) is 0 Å². The largest absolute Gasteiger partial charge is 0.479 e. The Hall–Kier alpha value is -1.41. The topological polar surface area (TPSA) is 240 Å². The number of carbonyl (C=O) groups is 1. The van der Waals surface area contributed by atoms with Crippen molar-refractivity contribution >= 4 is 5.97 Å². The van der Waals surface area contributed by atoms with Gasteiger partial charge in [-0.3, -0.25) is 0 Å². The number of ether oxygens (including phenoxy) is 22. The van der Waals surface area contributed by atoms with E-state index in [0.717, 1.165) is 0 Å². The van der Waals surface area contributed by atoms with E-state index in [1.165, 1.54) is 0 Å². The minimum Gasteiger partial charge on any atom is -0.479 e. The number of aliphatic carboxylic acids is 1. The van der Waals surface area contributed by atoms with Crippen LogP contribution in [0.5, 0.6) is 0 Å². The summed E-state index contributed by atoms with van der Waals surface area (Å²) >= 11 is 0. The molecule has 1 N–H and O–H groups in total. The number of carboxylic acid groups (broad SMARTS) is 1. The first-order chi connectivity index (χ1) is 34.2. The van der Waals surface area contributed by atoms with Crippen molar-refractivity contribution in [1.82, 2.24) is 0 Å². The lowest BCUT2D eigenvalue weighted by Crippen LogP contribution is -2.31. The highest BCUT2D eigenvalue weighted by Crippen LogP contribution is 1.96. The molecule has 24 nitrogen and oxygen atoms in total. The highest BCUT2D eigenvalue weighted by Gasteiger charge is 2.18. The standard InChI is InChI=1S/C45H90O24/c1-48-3-5-50-7-9-52-11-13-54-15-17-56-19-21-58-23-24-60-27-28-62-31-32-64-35-36-66-39-40-68-43-44(45(46)47)69-42-41-67-38-37-65-34-33-63-30-29-61-26-25-59-22-20-57-18-16-55-14-12-53-10-8-51-6-4-49-2/h44H,3-43H2,1-2H3,(H,46,47). The first-order valence-electron chi connectivity index (χ1n) is 24.0. The van der Waals surface area contributed by atoms with Crippen LogP contribution in [0.15, 0.2) is 0 Å². The SMILES string of the molecule is COCCOCCOCCOCCOCCOCCOCCOCCOCCOCCOCC(OCCOCCOCCOCCOCCOCCOCCOCCOCCOCCOC)C(=O)O. The molecule has 0 heterocycles. The van der Waals surface area contributed by atoms with Crippen LogP contribution in [-0.4, -0.2) is 302 Å². The van der Waals surface area contributed by atoms with E-state index in [4.69, 9.17) is 104 Å². The van der Waals surface area contributed by atoms with E-state index >= 15 is 0 Å². The van der Waals surface area contributed by atoms with Crippen molar-refractivity contribution in [1.29, 1.82) is 0 Å². The van der Waals surface area contributed by atoms with E-state index in [1.54, 1.807) is 14.2 Å². The molecule has 0 radical (unpaired) electrons. The molecule has 0 bridgehead atoms. The van der Waals surface area contributed by atoms with Crippen molar-refractivity contribution in [3.05, 3.63) is 0 Å². The van der Waals surface area contributed by atoms with Crippen LogP contribution in [0.1, 0.15) is 0 Å². The Bertz CT molecular complexity index is 949. The second-order valence-electron chi connectivity index (χ2n) is 13.8. The lowest BCUT2D eigenvalue weighted by Gasteiger charge is -2.14. The smallest absolute Gasteiger partial charge is 0.335 e. The molecule has 69 heavy (non-hydrogen) atoms. The van der Waals surface area contributed by atoms with Crippen molar-refractivity contribution in [2.75, 3.05) is 285 Å². The minimum absolute atomic E-state index is 0.100. The van der Waals surface area contributed by atoms with E-state index in [-0.39, 0.29) is 26.4 Å². The molecular weight excluding hydrogens is 924 g/mol. The van der Waals surface area contributed by atoms with Crippen molar-refractivity contribution in [2.45, 2.75) is 6.10 Å². The highest BCUT2D eigenvalue weighted by molar-refractivity contribution is 5.72. The molecular formula is C45H90O24. The molecule has 0 fully saturated rings. The van der Waals surface area contributed by atoms with Crippen LogP contribution >= 0.6 is 0 Å². The van der Waals surface area contributed by atoms with Crippen molar-refractivity contribution in [3.8, 4) is 0 Å². The van der Waals surface area contributed by atoms with Crippen LogP contribution in [0.25, 0.3) is 0 Å². The van der Waals surface area contributed by atoms with Gasteiger partial charge >= 0.3 is 5.97 Å². The fraction of sp³-hybridized carbons (Fsp3) is 0.978. The summed E-state index contributed by atoms with van der Waals surface area (Å²) in [6, 6.07) is 0. The lowest BCUT2D eigenvalue weighted by molar-refractivity contribution is -0.156. The molecule has 414 valence electrons. The fourth-order valence-electron chi connectivity index (χ4n) is 4.76. The van der Waals surface area contributed by atoms with Gasteiger partial charge in [-0.25, -0.2) is 4.79 Å². The van der Waals surface area contributed by atoms with Gasteiger partial charge in [0.05, 0.1) is 271 Å². The first-order valence-corrected chi connectivity index (χ1v) is 24.0. The zero-order valence-electron chi connectivity index (χ0n) is 41.9. The number of hydrogen-bond donors (Lipinski definition) is 1. The molecule has 0 aromatic carbocycles. The van der Waals surface area contributed by atoms with Crippen LogP contribution in [0.3, 0.4) is 0 Å². The summed E-state index contributed by atoms with van der Waals surface area (Å²) in [5.74, 6) is -1.12. The number of carboxylic acids is 1. The molecule has 0 saturated heterocycles. The normalized spacial score (nSPS) is 12.1. The van der Waals surface area contributed by atoms with Gasteiger partial charge in [0.25, 0.3) is 0 Å².